The van der Waals surface area contributed by atoms with Crippen molar-refractivity contribution >= 4 is 5.97 Å². The fraction of sp³-hybridized carbons (Fsp3) is 0.250. The molecule has 0 bridgehead atoms. The van der Waals surface area contributed by atoms with Crippen molar-refractivity contribution in [3.05, 3.63) is 48.4 Å². The maximum absolute atomic E-state index is 11.5. The number of hydrogen-bond donors (Lipinski definition) is 0. The number of esters is 1. The molecule has 3 nitrogen and oxygen atoms in total. The zero-order chi connectivity index (χ0) is 10.5. The Morgan fingerprint density at radius 1 is 1.33 bits per heavy atom. The maximum atomic E-state index is 11.5. The molecule has 0 unspecified atom stereocenters. The molecule has 1 aliphatic rings. The van der Waals surface area contributed by atoms with Crippen LogP contribution >= 0.6 is 0 Å². The first-order valence-electron chi connectivity index (χ1n) is 4.90. The first-order valence-corrected chi connectivity index (χ1v) is 4.90. The minimum Gasteiger partial charge on any atom is -0.459 e. The maximum Gasteiger partial charge on any atom is 0.338 e. The molecular formula is C12H12O3. The summed E-state index contributed by atoms with van der Waals surface area (Å²) < 4.78 is 10.3. The van der Waals surface area contributed by atoms with Gasteiger partial charge in [0, 0.05) is 13.0 Å². The van der Waals surface area contributed by atoms with Gasteiger partial charge in [0.15, 0.2) is 0 Å². The highest BCUT2D eigenvalue weighted by Crippen LogP contribution is 2.18. The van der Waals surface area contributed by atoms with Crippen molar-refractivity contribution in [3.63, 3.8) is 0 Å². The lowest BCUT2D eigenvalue weighted by Gasteiger charge is -2.08. The number of rotatable bonds is 3. The molecular weight excluding hydrogens is 192 g/mol. The Morgan fingerprint density at radius 2 is 2.13 bits per heavy atom. The van der Waals surface area contributed by atoms with Gasteiger partial charge in [0.05, 0.1) is 5.56 Å². The van der Waals surface area contributed by atoms with Gasteiger partial charge >= 0.3 is 5.97 Å². The monoisotopic (exact) mass is 204 g/mol. The van der Waals surface area contributed by atoms with E-state index in [1.54, 1.807) is 12.1 Å². The molecule has 1 aromatic carbocycles. The Balaban J connectivity index is 1.82. The van der Waals surface area contributed by atoms with Crippen LogP contribution in [0.4, 0.5) is 0 Å². The molecule has 2 rings (SSSR count). The molecule has 1 aromatic rings. The lowest BCUT2D eigenvalue weighted by atomic mass is 10.2. The van der Waals surface area contributed by atoms with Crippen molar-refractivity contribution in [2.45, 2.75) is 6.42 Å². The predicted molar refractivity (Wildman–Crippen MR) is 54.8 cm³/mol. The van der Waals surface area contributed by atoms with Crippen LogP contribution in [-0.2, 0) is 9.47 Å². The zero-order valence-electron chi connectivity index (χ0n) is 8.31. The minimum absolute atomic E-state index is 0.230. The van der Waals surface area contributed by atoms with Crippen LogP contribution in [0.3, 0.4) is 0 Å². The Morgan fingerprint density at radius 3 is 2.80 bits per heavy atom. The van der Waals surface area contributed by atoms with Crippen LogP contribution in [0.25, 0.3) is 0 Å². The van der Waals surface area contributed by atoms with Crippen molar-refractivity contribution in [2.24, 2.45) is 0 Å². The second-order valence-electron chi connectivity index (χ2n) is 3.25. The zero-order valence-corrected chi connectivity index (χ0v) is 8.31. The molecule has 1 fully saturated rings. The fourth-order valence-corrected chi connectivity index (χ4v) is 1.36. The largest absolute Gasteiger partial charge is 0.459 e. The SMILES string of the molecule is O=C(OC[C]1[CH]CCO1)c1ccccc1. The van der Waals surface area contributed by atoms with E-state index < -0.39 is 0 Å². The Bertz CT molecular complexity index is 315. The molecule has 0 atom stereocenters. The highest BCUT2D eigenvalue weighted by Gasteiger charge is 2.19. The van der Waals surface area contributed by atoms with E-state index in [2.05, 4.69) is 0 Å². The van der Waals surface area contributed by atoms with Crippen LogP contribution in [-0.4, -0.2) is 19.2 Å². The van der Waals surface area contributed by atoms with Gasteiger partial charge in [-0.15, -0.1) is 0 Å². The fourth-order valence-electron chi connectivity index (χ4n) is 1.36. The van der Waals surface area contributed by atoms with Crippen molar-refractivity contribution in [2.75, 3.05) is 13.2 Å². The Hall–Kier alpha value is -1.35. The second kappa shape index (κ2) is 4.94. The highest BCUT2D eigenvalue weighted by molar-refractivity contribution is 5.89. The molecule has 0 aromatic heterocycles. The van der Waals surface area contributed by atoms with E-state index in [4.69, 9.17) is 9.47 Å². The van der Waals surface area contributed by atoms with E-state index in [9.17, 15) is 4.79 Å². The summed E-state index contributed by atoms with van der Waals surface area (Å²) in [5, 5.41) is 0. The van der Waals surface area contributed by atoms with E-state index in [1.165, 1.54) is 0 Å². The lowest BCUT2D eigenvalue weighted by Crippen LogP contribution is -2.12. The van der Waals surface area contributed by atoms with Crippen molar-refractivity contribution < 1.29 is 14.3 Å². The topological polar surface area (TPSA) is 35.5 Å². The molecule has 78 valence electrons. The molecule has 0 spiro atoms. The van der Waals surface area contributed by atoms with E-state index in [1.807, 2.05) is 24.6 Å². The van der Waals surface area contributed by atoms with Crippen LogP contribution in [0.5, 0.6) is 0 Å². The van der Waals surface area contributed by atoms with Gasteiger partial charge in [-0.3, -0.25) is 0 Å². The molecule has 2 radical (unpaired) electrons. The van der Waals surface area contributed by atoms with Crippen LogP contribution in [0, 0.1) is 12.5 Å². The standard InChI is InChI=1S/C12H12O3/c13-12(10-5-2-1-3-6-10)15-9-11-7-4-8-14-11/h1-3,5-7H,4,8-9H2. The van der Waals surface area contributed by atoms with Gasteiger partial charge in [0.2, 0.25) is 0 Å². The first kappa shape index (κ1) is 10.2. The van der Waals surface area contributed by atoms with Gasteiger partial charge in [-0.25, -0.2) is 4.79 Å². The van der Waals surface area contributed by atoms with Crippen molar-refractivity contribution in [1.82, 2.24) is 0 Å². The molecule has 15 heavy (non-hydrogen) atoms. The Labute approximate surface area is 89.0 Å². The molecule has 0 saturated carbocycles. The van der Waals surface area contributed by atoms with Gasteiger partial charge in [-0.05, 0) is 18.6 Å². The summed E-state index contributed by atoms with van der Waals surface area (Å²) in [6.07, 6.45) is 3.59. The van der Waals surface area contributed by atoms with Crippen LogP contribution in [0.1, 0.15) is 16.8 Å². The molecule has 0 aliphatic carbocycles. The molecule has 0 N–H and O–H groups in total. The van der Waals surface area contributed by atoms with Crippen LogP contribution in [0.15, 0.2) is 30.3 Å². The third-order valence-corrected chi connectivity index (χ3v) is 2.13. The summed E-state index contributed by atoms with van der Waals surface area (Å²) in [5.41, 5.74) is 0.566. The average molecular weight is 204 g/mol. The second-order valence-corrected chi connectivity index (χ2v) is 3.25. The summed E-state index contributed by atoms with van der Waals surface area (Å²) in [7, 11) is 0. The van der Waals surface area contributed by atoms with E-state index in [0.717, 1.165) is 12.5 Å². The van der Waals surface area contributed by atoms with Crippen LogP contribution in [0.2, 0.25) is 0 Å². The number of carbonyl (C=O) groups is 1. The summed E-state index contributed by atoms with van der Waals surface area (Å²) in [4.78, 5) is 11.5. The average Bonchev–Trinajstić information content (AvgIpc) is 2.80. The third-order valence-electron chi connectivity index (χ3n) is 2.13. The Kier molecular flexibility index (Phi) is 3.35. The normalized spacial score (nSPS) is 16.5. The summed E-state index contributed by atoms with van der Waals surface area (Å²) in [6.45, 7) is 0.923. The lowest BCUT2D eigenvalue weighted by molar-refractivity contribution is 0.0422. The minimum atomic E-state index is -0.313. The van der Waals surface area contributed by atoms with Gasteiger partial charge in [-0.2, -0.15) is 0 Å². The van der Waals surface area contributed by atoms with Gasteiger partial charge in [0.1, 0.15) is 12.7 Å². The first-order chi connectivity index (χ1) is 7.36. The van der Waals surface area contributed by atoms with Gasteiger partial charge in [-0.1, -0.05) is 18.2 Å². The van der Waals surface area contributed by atoms with Gasteiger partial charge < -0.3 is 9.47 Å². The molecule has 0 amide bonds. The number of benzene rings is 1. The third kappa shape index (κ3) is 2.80. The smallest absolute Gasteiger partial charge is 0.338 e. The molecule has 1 saturated heterocycles. The number of carbonyl (C=O) groups excluding carboxylic acids is 1. The summed E-state index contributed by atoms with van der Waals surface area (Å²) in [5.74, 6) is -0.313. The molecule has 1 heterocycles. The number of hydrogen-bond acceptors (Lipinski definition) is 3. The summed E-state index contributed by atoms with van der Waals surface area (Å²) >= 11 is 0. The number of ether oxygens (including phenoxy) is 2. The quantitative estimate of drug-likeness (QED) is 0.706. The van der Waals surface area contributed by atoms with E-state index in [0.29, 0.717) is 12.2 Å². The predicted octanol–water partition coefficient (Wildman–Crippen LogP) is 2.00. The van der Waals surface area contributed by atoms with Crippen molar-refractivity contribution in [1.29, 1.82) is 0 Å². The molecule has 1 aliphatic heterocycles. The summed E-state index contributed by atoms with van der Waals surface area (Å²) in [6, 6.07) is 8.93. The van der Waals surface area contributed by atoms with E-state index >= 15 is 0 Å². The molecule has 3 heteroatoms. The van der Waals surface area contributed by atoms with E-state index in [-0.39, 0.29) is 12.6 Å². The van der Waals surface area contributed by atoms with Gasteiger partial charge in [0.25, 0.3) is 0 Å². The highest BCUT2D eigenvalue weighted by atomic mass is 16.6. The van der Waals surface area contributed by atoms with Crippen LogP contribution < -0.4 is 0 Å². The van der Waals surface area contributed by atoms with Crippen molar-refractivity contribution in [3.8, 4) is 0 Å².